The van der Waals surface area contributed by atoms with Crippen molar-refractivity contribution in [1.29, 1.82) is 0 Å². The standard InChI is InChI=1S/C17H13ClFN5O2/c18-14-6-1-11(9-20-14)16(25)22-7-8-23-15(10-22)21-24(17(23)26)13-4-2-12(19)3-5-13/h1-6,9H,7-8,10H2. The van der Waals surface area contributed by atoms with Gasteiger partial charge in [0.15, 0.2) is 5.82 Å². The maximum absolute atomic E-state index is 13.1. The van der Waals surface area contributed by atoms with Crippen molar-refractivity contribution < 1.29 is 9.18 Å². The third kappa shape index (κ3) is 2.88. The molecule has 4 rings (SSSR count). The quantitative estimate of drug-likeness (QED) is 0.643. The van der Waals surface area contributed by atoms with Crippen LogP contribution in [-0.2, 0) is 13.1 Å². The highest BCUT2D eigenvalue weighted by atomic mass is 35.5. The molecule has 1 aliphatic heterocycles. The fourth-order valence-electron chi connectivity index (χ4n) is 2.86. The summed E-state index contributed by atoms with van der Waals surface area (Å²) in [6.07, 6.45) is 1.42. The fourth-order valence-corrected chi connectivity index (χ4v) is 2.97. The van der Waals surface area contributed by atoms with E-state index in [2.05, 4.69) is 10.1 Å². The van der Waals surface area contributed by atoms with Crippen LogP contribution in [0.1, 0.15) is 16.2 Å². The zero-order chi connectivity index (χ0) is 18.3. The third-order valence-electron chi connectivity index (χ3n) is 4.20. The Morgan fingerprint density at radius 3 is 2.58 bits per heavy atom. The first kappa shape index (κ1) is 16.5. The van der Waals surface area contributed by atoms with Crippen molar-refractivity contribution in [2.24, 2.45) is 0 Å². The maximum atomic E-state index is 13.1. The molecular weight excluding hydrogens is 361 g/mol. The van der Waals surface area contributed by atoms with E-state index >= 15 is 0 Å². The van der Waals surface area contributed by atoms with Crippen LogP contribution in [0.15, 0.2) is 47.4 Å². The van der Waals surface area contributed by atoms with Crippen LogP contribution in [0.3, 0.4) is 0 Å². The molecule has 1 amide bonds. The molecule has 1 aliphatic rings. The smallest absolute Gasteiger partial charge is 0.329 e. The van der Waals surface area contributed by atoms with Crippen LogP contribution in [0.25, 0.3) is 5.69 Å². The predicted molar refractivity (Wildman–Crippen MR) is 91.8 cm³/mol. The van der Waals surface area contributed by atoms with Crippen LogP contribution in [0.5, 0.6) is 0 Å². The number of benzene rings is 1. The molecule has 7 nitrogen and oxygen atoms in total. The molecule has 2 aromatic heterocycles. The molecule has 0 fully saturated rings. The van der Waals surface area contributed by atoms with E-state index in [-0.39, 0.29) is 24.0 Å². The molecule has 0 unspecified atom stereocenters. The van der Waals surface area contributed by atoms with Gasteiger partial charge in [0, 0.05) is 19.3 Å². The Kier molecular flexibility index (Phi) is 4.04. The summed E-state index contributed by atoms with van der Waals surface area (Å²) in [6, 6.07) is 8.66. The highest BCUT2D eigenvalue weighted by Crippen LogP contribution is 2.15. The Bertz CT molecular complexity index is 1030. The number of carbonyl (C=O) groups is 1. The van der Waals surface area contributed by atoms with Gasteiger partial charge in [0.1, 0.15) is 11.0 Å². The molecule has 0 radical (unpaired) electrons. The number of pyridine rings is 1. The second kappa shape index (κ2) is 6.38. The van der Waals surface area contributed by atoms with Gasteiger partial charge in [-0.05, 0) is 36.4 Å². The number of nitrogens with zero attached hydrogens (tertiary/aromatic N) is 5. The van der Waals surface area contributed by atoms with E-state index in [1.54, 1.807) is 17.0 Å². The van der Waals surface area contributed by atoms with Gasteiger partial charge in [-0.15, -0.1) is 5.10 Å². The molecule has 0 saturated heterocycles. The molecule has 0 N–H and O–H groups in total. The summed E-state index contributed by atoms with van der Waals surface area (Å²) < 4.78 is 15.8. The van der Waals surface area contributed by atoms with Gasteiger partial charge in [-0.1, -0.05) is 11.6 Å². The van der Waals surface area contributed by atoms with E-state index in [9.17, 15) is 14.0 Å². The van der Waals surface area contributed by atoms with E-state index in [1.807, 2.05) is 0 Å². The molecule has 9 heteroatoms. The molecule has 0 atom stereocenters. The van der Waals surface area contributed by atoms with Gasteiger partial charge in [-0.3, -0.25) is 9.36 Å². The average Bonchev–Trinajstić information content (AvgIpc) is 2.98. The summed E-state index contributed by atoms with van der Waals surface area (Å²) in [5.74, 6) is -0.121. The van der Waals surface area contributed by atoms with Crippen molar-refractivity contribution in [1.82, 2.24) is 24.2 Å². The molecule has 132 valence electrons. The first-order valence-corrected chi connectivity index (χ1v) is 8.26. The number of fused-ring (bicyclic) bond motifs is 1. The SMILES string of the molecule is O=C(c1ccc(Cl)nc1)N1CCn2c(nn(-c3ccc(F)cc3)c2=O)C1. The van der Waals surface area contributed by atoms with Crippen LogP contribution in [0, 0.1) is 5.82 Å². The lowest BCUT2D eigenvalue weighted by Gasteiger charge is -2.26. The number of rotatable bonds is 2. The molecule has 0 spiro atoms. The second-order valence-electron chi connectivity index (χ2n) is 5.83. The summed E-state index contributed by atoms with van der Waals surface area (Å²) in [7, 11) is 0. The highest BCUT2D eigenvalue weighted by molar-refractivity contribution is 6.29. The minimum absolute atomic E-state index is 0.199. The van der Waals surface area contributed by atoms with Crippen LogP contribution in [-0.4, -0.2) is 36.7 Å². The predicted octanol–water partition coefficient (Wildman–Crippen LogP) is 1.88. The number of hydrogen-bond acceptors (Lipinski definition) is 4. The van der Waals surface area contributed by atoms with E-state index < -0.39 is 0 Å². The average molecular weight is 374 g/mol. The lowest BCUT2D eigenvalue weighted by Crippen LogP contribution is -2.40. The lowest BCUT2D eigenvalue weighted by atomic mass is 10.2. The summed E-state index contributed by atoms with van der Waals surface area (Å²) in [4.78, 5) is 30.6. The highest BCUT2D eigenvalue weighted by Gasteiger charge is 2.26. The molecular formula is C17H13ClFN5O2. The van der Waals surface area contributed by atoms with Crippen LogP contribution in [0.4, 0.5) is 4.39 Å². The summed E-state index contributed by atoms with van der Waals surface area (Å²) >= 11 is 5.75. The largest absolute Gasteiger partial charge is 0.350 e. The Balaban J connectivity index is 1.62. The zero-order valence-corrected chi connectivity index (χ0v) is 14.2. The number of hydrogen-bond donors (Lipinski definition) is 0. The number of aromatic nitrogens is 4. The minimum atomic E-state index is -0.390. The van der Waals surface area contributed by atoms with E-state index in [0.29, 0.717) is 35.3 Å². The number of amides is 1. The Hall–Kier alpha value is -3.00. The molecule has 0 aliphatic carbocycles. The number of halogens is 2. The normalized spacial score (nSPS) is 13.5. The minimum Gasteiger partial charge on any atom is -0.329 e. The summed E-state index contributed by atoms with van der Waals surface area (Å²) in [5.41, 5.74) is 0.577. The van der Waals surface area contributed by atoms with Gasteiger partial charge in [0.2, 0.25) is 0 Å². The van der Waals surface area contributed by atoms with Crippen molar-refractivity contribution in [2.75, 3.05) is 6.54 Å². The lowest BCUT2D eigenvalue weighted by molar-refractivity contribution is 0.0706. The van der Waals surface area contributed by atoms with Crippen LogP contribution < -0.4 is 5.69 Å². The zero-order valence-electron chi connectivity index (χ0n) is 13.5. The topological polar surface area (TPSA) is 73.0 Å². The van der Waals surface area contributed by atoms with Crippen molar-refractivity contribution in [3.63, 3.8) is 0 Å². The monoisotopic (exact) mass is 373 g/mol. The molecule has 3 aromatic rings. The molecule has 0 saturated carbocycles. The van der Waals surface area contributed by atoms with Gasteiger partial charge in [-0.2, -0.15) is 4.68 Å². The Morgan fingerprint density at radius 2 is 1.88 bits per heavy atom. The summed E-state index contributed by atoms with van der Waals surface area (Å²) in [5, 5.41) is 4.62. The maximum Gasteiger partial charge on any atom is 0.350 e. The van der Waals surface area contributed by atoms with Crippen LogP contribution >= 0.6 is 11.6 Å². The van der Waals surface area contributed by atoms with Crippen molar-refractivity contribution in [3.8, 4) is 5.69 Å². The molecule has 26 heavy (non-hydrogen) atoms. The van der Waals surface area contributed by atoms with Gasteiger partial charge < -0.3 is 4.90 Å². The van der Waals surface area contributed by atoms with E-state index in [4.69, 9.17) is 11.6 Å². The third-order valence-corrected chi connectivity index (χ3v) is 4.42. The first-order chi connectivity index (χ1) is 12.5. The molecule has 3 heterocycles. The summed E-state index contributed by atoms with van der Waals surface area (Å²) in [6.45, 7) is 0.913. The van der Waals surface area contributed by atoms with Gasteiger partial charge in [-0.25, -0.2) is 14.2 Å². The van der Waals surface area contributed by atoms with Crippen molar-refractivity contribution in [3.05, 3.63) is 75.4 Å². The van der Waals surface area contributed by atoms with E-state index in [1.165, 1.54) is 39.7 Å². The van der Waals surface area contributed by atoms with Gasteiger partial charge >= 0.3 is 5.69 Å². The van der Waals surface area contributed by atoms with Gasteiger partial charge in [0.05, 0.1) is 17.8 Å². The second-order valence-corrected chi connectivity index (χ2v) is 6.22. The fraction of sp³-hybridized carbons (Fsp3) is 0.176. The number of carbonyl (C=O) groups excluding carboxylic acids is 1. The Morgan fingerprint density at radius 1 is 1.12 bits per heavy atom. The van der Waals surface area contributed by atoms with Crippen LogP contribution in [0.2, 0.25) is 5.15 Å². The van der Waals surface area contributed by atoms with Crippen molar-refractivity contribution in [2.45, 2.75) is 13.1 Å². The molecule has 1 aromatic carbocycles. The van der Waals surface area contributed by atoms with Gasteiger partial charge in [0.25, 0.3) is 5.91 Å². The molecule has 0 bridgehead atoms. The van der Waals surface area contributed by atoms with E-state index in [0.717, 1.165) is 0 Å². The Labute approximate surface area is 152 Å². The first-order valence-electron chi connectivity index (χ1n) is 7.88. The van der Waals surface area contributed by atoms with Crippen molar-refractivity contribution >= 4 is 17.5 Å².